The molecule has 1 fully saturated rings. The third-order valence-electron chi connectivity index (χ3n) is 2.70. The lowest BCUT2D eigenvalue weighted by atomic mass is 9.90. The van der Waals surface area contributed by atoms with Gasteiger partial charge in [0.1, 0.15) is 11.6 Å². The smallest absolute Gasteiger partial charge is 0.410 e. The minimum Gasteiger partial charge on any atom is -0.480 e. The highest BCUT2D eigenvalue weighted by Crippen LogP contribution is 2.23. The van der Waals surface area contributed by atoms with Crippen molar-refractivity contribution in [2.24, 2.45) is 11.7 Å². The summed E-state index contributed by atoms with van der Waals surface area (Å²) in [4.78, 5) is 23.6. The van der Waals surface area contributed by atoms with Gasteiger partial charge in [0.05, 0.1) is 6.10 Å². The first-order valence-corrected chi connectivity index (χ1v) is 5.76. The second-order valence-corrected chi connectivity index (χ2v) is 5.50. The van der Waals surface area contributed by atoms with Crippen LogP contribution in [0.4, 0.5) is 4.79 Å². The molecule has 0 bridgehead atoms. The third-order valence-corrected chi connectivity index (χ3v) is 2.70. The Morgan fingerprint density at radius 3 is 2.28 bits per heavy atom. The van der Waals surface area contributed by atoms with Crippen LogP contribution in [-0.4, -0.2) is 58.0 Å². The van der Waals surface area contributed by atoms with Crippen LogP contribution in [0.25, 0.3) is 0 Å². The van der Waals surface area contributed by atoms with Crippen molar-refractivity contribution in [3.05, 3.63) is 0 Å². The summed E-state index contributed by atoms with van der Waals surface area (Å²) in [7, 11) is 0. The summed E-state index contributed by atoms with van der Waals surface area (Å²) in [5, 5.41) is 18.3. The number of hydrogen-bond acceptors (Lipinski definition) is 5. The topological polar surface area (TPSA) is 113 Å². The monoisotopic (exact) mass is 260 g/mol. The van der Waals surface area contributed by atoms with E-state index in [4.69, 9.17) is 15.6 Å². The molecule has 1 aliphatic heterocycles. The lowest BCUT2D eigenvalue weighted by molar-refractivity contribution is -0.143. The fourth-order valence-electron chi connectivity index (χ4n) is 1.64. The number of hydrogen-bond donors (Lipinski definition) is 3. The molecule has 0 aromatic rings. The second-order valence-electron chi connectivity index (χ2n) is 5.50. The molecule has 1 rings (SSSR count). The highest BCUT2D eigenvalue weighted by atomic mass is 16.6. The number of ether oxygens (including phenoxy) is 1. The van der Waals surface area contributed by atoms with Crippen molar-refractivity contribution < 1.29 is 24.5 Å². The van der Waals surface area contributed by atoms with E-state index in [1.165, 1.54) is 4.90 Å². The van der Waals surface area contributed by atoms with E-state index in [-0.39, 0.29) is 19.0 Å². The Morgan fingerprint density at radius 2 is 1.89 bits per heavy atom. The number of nitrogens with two attached hydrogens (primary N) is 1. The van der Waals surface area contributed by atoms with Crippen molar-refractivity contribution in [3.63, 3.8) is 0 Å². The molecule has 1 heterocycles. The number of carbonyl (C=O) groups is 2. The summed E-state index contributed by atoms with van der Waals surface area (Å²) in [5.41, 5.74) is 4.74. The first kappa shape index (κ1) is 14.7. The van der Waals surface area contributed by atoms with Gasteiger partial charge in [0.2, 0.25) is 0 Å². The van der Waals surface area contributed by atoms with Gasteiger partial charge in [-0.05, 0) is 20.8 Å². The molecule has 18 heavy (non-hydrogen) atoms. The van der Waals surface area contributed by atoms with Crippen molar-refractivity contribution >= 4 is 12.1 Å². The van der Waals surface area contributed by atoms with E-state index in [9.17, 15) is 14.7 Å². The highest BCUT2D eigenvalue weighted by molar-refractivity contribution is 5.74. The van der Waals surface area contributed by atoms with Gasteiger partial charge in [0.25, 0.3) is 0 Å². The van der Waals surface area contributed by atoms with Crippen LogP contribution >= 0.6 is 0 Å². The van der Waals surface area contributed by atoms with Gasteiger partial charge >= 0.3 is 12.1 Å². The van der Waals surface area contributed by atoms with Crippen LogP contribution in [0.5, 0.6) is 0 Å². The molecule has 1 amide bonds. The van der Waals surface area contributed by atoms with Crippen molar-refractivity contribution in [1.82, 2.24) is 4.90 Å². The van der Waals surface area contributed by atoms with Crippen LogP contribution in [0.3, 0.4) is 0 Å². The molecule has 4 N–H and O–H groups in total. The maximum Gasteiger partial charge on any atom is 0.410 e. The number of aliphatic hydroxyl groups is 1. The Labute approximate surface area is 106 Å². The molecule has 0 aromatic heterocycles. The summed E-state index contributed by atoms with van der Waals surface area (Å²) < 4.78 is 5.14. The summed E-state index contributed by atoms with van der Waals surface area (Å²) in [6, 6.07) is -1.32. The third kappa shape index (κ3) is 3.58. The molecule has 0 aromatic carbocycles. The zero-order chi connectivity index (χ0) is 14.1. The van der Waals surface area contributed by atoms with E-state index < -0.39 is 29.8 Å². The van der Waals surface area contributed by atoms with Gasteiger partial charge in [0.15, 0.2) is 0 Å². The van der Waals surface area contributed by atoms with Gasteiger partial charge in [0, 0.05) is 19.0 Å². The van der Waals surface area contributed by atoms with Crippen molar-refractivity contribution in [1.29, 1.82) is 0 Å². The lowest BCUT2D eigenvalue weighted by Crippen LogP contribution is -2.60. The van der Waals surface area contributed by atoms with E-state index in [0.717, 1.165) is 0 Å². The lowest BCUT2D eigenvalue weighted by Gasteiger charge is -2.42. The molecule has 0 aliphatic carbocycles. The summed E-state index contributed by atoms with van der Waals surface area (Å²) in [6.45, 7) is 5.81. The van der Waals surface area contributed by atoms with E-state index >= 15 is 0 Å². The standard InChI is InChI=1S/C11H20N2O5/c1-11(2,3)18-10(17)13-4-6(5-13)8(14)7(12)9(15)16/h6-8,14H,4-5,12H2,1-3H3,(H,15,16). The first-order valence-electron chi connectivity index (χ1n) is 5.76. The summed E-state index contributed by atoms with van der Waals surface area (Å²) in [5.74, 6) is -1.57. The Balaban J connectivity index is 2.40. The average molecular weight is 260 g/mol. The minimum absolute atomic E-state index is 0.261. The quantitative estimate of drug-likeness (QED) is 0.638. The number of amides is 1. The number of aliphatic carboxylic acids is 1. The molecule has 104 valence electrons. The molecular weight excluding hydrogens is 240 g/mol. The molecule has 1 aliphatic rings. The van der Waals surface area contributed by atoms with Gasteiger partial charge in [-0.1, -0.05) is 0 Å². The number of carboxylic acid groups (broad SMARTS) is 1. The number of nitrogens with zero attached hydrogens (tertiary/aromatic N) is 1. The normalized spacial score (nSPS) is 19.9. The molecule has 0 spiro atoms. The predicted molar refractivity (Wildman–Crippen MR) is 62.9 cm³/mol. The minimum atomic E-state index is -1.32. The molecule has 2 atom stereocenters. The fraction of sp³-hybridized carbons (Fsp3) is 0.818. The van der Waals surface area contributed by atoms with Crippen LogP contribution in [0.2, 0.25) is 0 Å². The predicted octanol–water partition coefficient (Wildman–Crippen LogP) is -0.374. The number of aliphatic hydroxyl groups excluding tert-OH is 1. The van der Waals surface area contributed by atoms with Crippen LogP contribution in [0, 0.1) is 5.92 Å². The van der Waals surface area contributed by atoms with E-state index in [1.54, 1.807) is 20.8 Å². The maximum absolute atomic E-state index is 11.6. The molecule has 0 radical (unpaired) electrons. The Hall–Kier alpha value is -1.34. The van der Waals surface area contributed by atoms with E-state index in [0.29, 0.717) is 0 Å². The van der Waals surface area contributed by atoms with Crippen molar-refractivity contribution in [2.45, 2.75) is 38.5 Å². The van der Waals surface area contributed by atoms with Crippen LogP contribution in [0.15, 0.2) is 0 Å². The molecule has 7 nitrogen and oxygen atoms in total. The number of rotatable bonds is 3. The number of carbonyl (C=O) groups excluding carboxylic acids is 1. The fourth-order valence-corrected chi connectivity index (χ4v) is 1.64. The summed E-state index contributed by atoms with van der Waals surface area (Å²) >= 11 is 0. The molecule has 2 unspecified atom stereocenters. The van der Waals surface area contributed by atoms with E-state index in [1.807, 2.05) is 0 Å². The van der Waals surface area contributed by atoms with Crippen molar-refractivity contribution in [3.8, 4) is 0 Å². The van der Waals surface area contributed by atoms with Crippen LogP contribution in [0.1, 0.15) is 20.8 Å². The van der Waals surface area contributed by atoms with Gasteiger partial charge in [-0.15, -0.1) is 0 Å². The number of carboxylic acids is 1. The summed E-state index contributed by atoms with van der Waals surface area (Å²) in [6.07, 6.45) is -1.61. The maximum atomic E-state index is 11.6. The highest BCUT2D eigenvalue weighted by Gasteiger charge is 2.41. The number of likely N-dealkylation sites (tertiary alicyclic amines) is 1. The van der Waals surface area contributed by atoms with Crippen LogP contribution in [-0.2, 0) is 9.53 Å². The SMILES string of the molecule is CC(C)(C)OC(=O)N1CC(C(O)C(N)C(=O)O)C1. The Morgan fingerprint density at radius 1 is 1.39 bits per heavy atom. The van der Waals surface area contributed by atoms with Gasteiger partial charge in [-0.2, -0.15) is 0 Å². The molecule has 1 saturated heterocycles. The molecular formula is C11H20N2O5. The van der Waals surface area contributed by atoms with Gasteiger partial charge < -0.3 is 25.6 Å². The van der Waals surface area contributed by atoms with Crippen molar-refractivity contribution in [2.75, 3.05) is 13.1 Å². The van der Waals surface area contributed by atoms with E-state index in [2.05, 4.69) is 0 Å². The first-order chi connectivity index (χ1) is 8.11. The van der Waals surface area contributed by atoms with Gasteiger partial charge in [-0.25, -0.2) is 4.79 Å². The van der Waals surface area contributed by atoms with Gasteiger partial charge in [-0.3, -0.25) is 4.79 Å². The largest absolute Gasteiger partial charge is 0.480 e. The molecule has 7 heteroatoms. The second kappa shape index (κ2) is 5.11. The molecule has 0 saturated carbocycles. The zero-order valence-corrected chi connectivity index (χ0v) is 10.8. The zero-order valence-electron chi connectivity index (χ0n) is 10.8. The Kier molecular flexibility index (Phi) is 4.18. The van der Waals surface area contributed by atoms with Crippen LogP contribution < -0.4 is 5.73 Å². The Bertz CT molecular complexity index is 333. The average Bonchev–Trinajstić information content (AvgIpc) is 2.10.